The minimum Gasteiger partial charge on any atom is -0.472 e. The number of aromatic nitrogens is 2. The summed E-state index contributed by atoms with van der Waals surface area (Å²) in [6.07, 6.45) is 6.74. The lowest BCUT2D eigenvalue weighted by Gasteiger charge is -2.28. The van der Waals surface area contributed by atoms with E-state index in [-0.39, 0.29) is 12.0 Å². The Morgan fingerprint density at radius 1 is 1.60 bits per heavy atom. The predicted octanol–water partition coefficient (Wildman–Crippen LogP) is 2.33. The number of rotatable bonds is 3. The third-order valence-electron chi connectivity index (χ3n) is 3.28. The number of nitrogens with one attached hydrogen (secondary N) is 1. The van der Waals surface area contributed by atoms with Gasteiger partial charge in [-0.1, -0.05) is 0 Å². The second-order valence-electron chi connectivity index (χ2n) is 4.50. The highest BCUT2D eigenvalue weighted by molar-refractivity contribution is 5.92. The third kappa shape index (κ3) is 1.89. The summed E-state index contributed by atoms with van der Waals surface area (Å²) in [5, 5.41) is 3.12. The van der Waals surface area contributed by atoms with Gasteiger partial charge < -0.3 is 19.0 Å². The second-order valence-corrected chi connectivity index (χ2v) is 4.50. The quantitative estimate of drug-likeness (QED) is 0.869. The Labute approximate surface area is 116 Å². The van der Waals surface area contributed by atoms with E-state index >= 15 is 0 Å². The van der Waals surface area contributed by atoms with Crippen LogP contribution in [0.3, 0.4) is 0 Å². The molecule has 0 aliphatic carbocycles. The summed E-state index contributed by atoms with van der Waals surface area (Å²) < 4.78 is 12.2. The first-order valence-corrected chi connectivity index (χ1v) is 6.42. The molecule has 0 aromatic carbocycles. The van der Waals surface area contributed by atoms with E-state index in [9.17, 15) is 4.79 Å². The number of ether oxygens (including phenoxy) is 1. The lowest BCUT2D eigenvalue weighted by molar-refractivity contribution is -0.139. The molecule has 0 spiro atoms. The molecule has 6 heteroatoms. The summed E-state index contributed by atoms with van der Waals surface area (Å²) in [6, 6.07) is 1.55. The Morgan fingerprint density at radius 2 is 2.45 bits per heavy atom. The Balaban J connectivity index is 2.12. The first kappa shape index (κ1) is 12.5. The molecule has 1 atom stereocenters. The van der Waals surface area contributed by atoms with Gasteiger partial charge in [0, 0.05) is 23.7 Å². The Hall–Kier alpha value is -2.50. The molecular formula is C14H15N3O3. The molecule has 0 saturated carbocycles. The average Bonchev–Trinajstić information content (AvgIpc) is 3.07. The first-order valence-electron chi connectivity index (χ1n) is 6.42. The van der Waals surface area contributed by atoms with Crippen molar-refractivity contribution in [2.45, 2.75) is 19.9 Å². The molecule has 3 heterocycles. The van der Waals surface area contributed by atoms with Gasteiger partial charge in [-0.25, -0.2) is 9.78 Å². The fourth-order valence-corrected chi connectivity index (χ4v) is 2.43. The van der Waals surface area contributed by atoms with Gasteiger partial charge >= 0.3 is 5.97 Å². The molecule has 104 valence electrons. The van der Waals surface area contributed by atoms with E-state index in [2.05, 4.69) is 10.3 Å². The molecule has 0 radical (unpaired) electrons. The Bertz CT molecular complexity index is 655. The average molecular weight is 273 g/mol. The number of carbonyl (C=O) groups is 1. The molecule has 1 aliphatic rings. The fraction of sp³-hybridized carbons (Fsp3) is 0.286. The number of esters is 1. The summed E-state index contributed by atoms with van der Waals surface area (Å²) in [5.74, 6) is 0.366. The predicted molar refractivity (Wildman–Crippen MR) is 72.0 cm³/mol. The van der Waals surface area contributed by atoms with E-state index < -0.39 is 0 Å². The van der Waals surface area contributed by atoms with E-state index in [1.54, 1.807) is 25.6 Å². The van der Waals surface area contributed by atoms with Gasteiger partial charge in [-0.15, -0.1) is 0 Å². The summed E-state index contributed by atoms with van der Waals surface area (Å²) in [4.78, 5) is 16.5. The zero-order valence-electron chi connectivity index (χ0n) is 11.3. The van der Waals surface area contributed by atoms with Gasteiger partial charge in [-0.2, -0.15) is 0 Å². The summed E-state index contributed by atoms with van der Waals surface area (Å²) in [5.41, 5.74) is 2.19. The fourth-order valence-electron chi connectivity index (χ4n) is 2.43. The molecule has 1 unspecified atom stereocenters. The summed E-state index contributed by atoms with van der Waals surface area (Å²) in [7, 11) is 0. The molecule has 0 fully saturated rings. The number of nitrogens with zero attached hydrogens (tertiary/aromatic N) is 2. The number of imidazole rings is 1. The van der Waals surface area contributed by atoms with Crippen LogP contribution in [0.4, 0.5) is 5.95 Å². The van der Waals surface area contributed by atoms with Gasteiger partial charge in [-0.05, 0) is 19.9 Å². The van der Waals surface area contributed by atoms with Crippen molar-refractivity contribution in [3.05, 3.63) is 47.8 Å². The van der Waals surface area contributed by atoms with Gasteiger partial charge in [0.05, 0.1) is 30.7 Å². The molecule has 2 aromatic heterocycles. The smallest absolute Gasteiger partial charge is 0.338 e. The van der Waals surface area contributed by atoms with Crippen LogP contribution in [0.15, 0.2) is 46.7 Å². The molecule has 0 amide bonds. The number of hydrogen-bond donors (Lipinski definition) is 1. The highest BCUT2D eigenvalue weighted by atomic mass is 16.5. The van der Waals surface area contributed by atoms with E-state index in [0.717, 1.165) is 11.3 Å². The van der Waals surface area contributed by atoms with Crippen LogP contribution in [0.25, 0.3) is 0 Å². The van der Waals surface area contributed by atoms with Crippen LogP contribution in [0.5, 0.6) is 0 Å². The maximum atomic E-state index is 12.3. The molecule has 1 N–H and O–H groups in total. The van der Waals surface area contributed by atoms with Crippen molar-refractivity contribution in [3.63, 3.8) is 0 Å². The lowest BCUT2D eigenvalue weighted by atomic mass is 9.97. The molecular weight excluding hydrogens is 258 g/mol. The van der Waals surface area contributed by atoms with Crippen molar-refractivity contribution in [1.29, 1.82) is 0 Å². The van der Waals surface area contributed by atoms with Crippen molar-refractivity contribution in [2.75, 3.05) is 11.9 Å². The van der Waals surface area contributed by atoms with Crippen molar-refractivity contribution in [3.8, 4) is 0 Å². The maximum Gasteiger partial charge on any atom is 0.338 e. The van der Waals surface area contributed by atoms with Crippen LogP contribution in [-0.4, -0.2) is 22.1 Å². The van der Waals surface area contributed by atoms with Gasteiger partial charge in [0.25, 0.3) is 0 Å². The molecule has 0 bridgehead atoms. The summed E-state index contributed by atoms with van der Waals surface area (Å²) in [6.45, 7) is 3.97. The standard InChI is InChI=1S/C14H15N3O3/c1-3-20-13(18)11-9(2)16-14-15-5-6-17(14)12(11)10-4-7-19-8-10/h4-8,12H,3H2,1-2H3,(H,15,16). The van der Waals surface area contributed by atoms with E-state index in [1.807, 2.05) is 23.8 Å². The molecule has 2 aromatic rings. The maximum absolute atomic E-state index is 12.3. The minimum atomic E-state index is -0.331. The van der Waals surface area contributed by atoms with Crippen LogP contribution in [-0.2, 0) is 9.53 Å². The highest BCUT2D eigenvalue weighted by Gasteiger charge is 2.33. The number of furan rings is 1. The van der Waals surface area contributed by atoms with Gasteiger partial charge in [-0.3, -0.25) is 0 Å². The normalized spacial score (nSPS) is 17.6. The van der Waals surface area contributed by atoms with Gasteiger partial charge in [0.2, 0.25) is 5.95 Å². The lowest BCUT2D eigenvalue weighted by Crippen LogP contribution is -2.28. The first-order chi connectivity index (χ1) is 9.72. The summed E-state index contributed by atoms with van der Waals surface area (Å²) >= 11 is 0. The monoisotopic (exact) mass is 273 g/mol. The van der Waals surface area contributed by atoms with Crippen LogP contribution in [0.1, 0.15) is 25.5 Å². The minimum absolute atomic E-state index is 0.286. The zero-order valence-corrected chi connectivity index (χ0v) is 11.3. The van der Waals surface area contributed by atoms with Gasteiger partial charge in [0.1, 0.15) is 0 Å². The molecule has 0 saturated heterocycles. The number of allylic oxidation sites excluding steroid dienone is 1. The SMILES string of the molecule is CCOC(=O)C1=C(C)Nc2nccn2C1c1ccoc1. The largest absolute Gasteiger partial charge is 0.472 e. The topological polar surface area (TPSA) is 69.3 Å². The molecule has 3 rings (SSSR count). The molecule has 1 aliphatic heterocycles. The van der Waals surface area contributed by atoms with E-state index in [1.165, 1.54) is 0 Å². The number of anilines is 1. The van der Waals surface area contributed by atoms with Crippen LogP contribution < -0.4 is 5.32 Å². The van der Waals surface area contributed by atoms with Crippen molar-refractivity contribution in [2.24, 2.45) is 0 Å². The molecule has 6 nitrogen and oxygen atoms in total. The second kappa shape index (κ2) is 4.88. The third-order valence-corrected chi connectivity index (χ3v) is 3.28. The number of hydrogen-bond acceptors (Lipinski definition) is 5. The van der Waals surface area contributed by atoms with Crippen molar-refractivity contribution in [1.82, 2.24) is 9.55 Å². The van der Waals surface area contributed by atoms with Gasteiger partial charge in [0.15, 0.2) is 0 Å². The number of carbonyl (C=O) groups excluding carboxylic acids is 1. The van der Waals surface area contributed by atoms with Crippen molar-refractivity contribution < 1.29 is 13.9 Å². The zero-order chi connectivity index (χ0) is 14.1. The van der Waals surface area contributed by atoms with Crippen LogP contribution >= 0.6 is 0 Å². The molecule has 20 heavy (non-hydrogen) atoms. The highest BCUT2D eigenvalue weighted by Crippen LogP contribution is 2.36. The Kier molecular flexibility index (Phi) is 3.06. The van der Waals surface area contributed by atoms with Crippen LogP contribution in [0, 0.1) is 0 Å². The van der Waals surface area contributed by atoms with E-state index in [4.69, 9.17) is 9.15 Å². The van der Waals surface area contributed by atoms with Crippen molar-refractivity contribution >= 4 is 11.9 Å². The Morgan fingerprint density at radius 3 is 3.15 bits per heavy atom. The van der Waals surface area contributed by atoms with E-state index in [0.29, 0.717) is 18.1 Å². The number of fused-ring (bicyclic) bond motifs is 1. The van der Waals surface area contributed by atoms with Crippen LogP contribution in [0.2, 0.25) is 0 Å².